The molecule has 0 bridgehead atoms. The molecule has 2 heterocycles. The Kier molecular flexibility index (Phi) is 3.11. The Morgan fingerprint density at radius 3 is 2.07 bits per heavy atom. The number of para-hydroxylation sites is 1. The third kappa shape index (κ3) is 1.97. The van der Waals surface area contributed by atoms with Crippen molar-refractivity contribution in [1.82, 2.24) is 9.97 Å². The van der Waals surface area contributed by atoms with Crippen LogP contribution in [0.3, 0.4) is 0 Å². The van der Waals surface area contributed by atoms with Gasteiger partial charge in [-0.15, -0.1) is 0 Å². The van der Waals surface area contributed by atoms with E-state index in [0.29, 0.717) is 21.8 Å². The first-order valence-electron chi connectivity index (χ1n) is 9.35. The van der Waals surface area contributed by atoms with E-state index >= 15 is 0 Å². The molecule has 30 heavy (non-hydrogen) atoms. The molecule has 6 aromatic rings. The molecule has 0 aliphatic rings. The number of fused-ring (bicyclic) bond motifs is 5. The van der Waals surface area contributed by atoms with Crippen molar-refractivity contribution >= 4 is 43.4 Å². The van der Waals surface area contributed by atoms with E-state index in [1.165, 1.54) is 6.07 Å². The van der Waals surface area contributed by atoms with Crippen LogP contribution in [0, 0.1) is 0 Å². The minimum Gasteiger partial charge on any atom is -0.505 e. The highest BCUT2D eigenvalue weighted by Crippen LogP contribution is 2.35. The lowest BCUT2D eigenvalue weighted by Gasteiger charge is -2.01. The molecular weight excluding hydrogens is 380 g/mol. The van der Waals surface area contributed by atoms with Crippen LogP contribution in [0.2, 0.25) is 0 Å². The summed E-state index contributed by atoms with van der Waals surface area (Å²) in [6.45, 7) is 0. The highest BCUT2D eigenvalue weighted by molar-refractivity contribution is 6.12. The molecule has 2 N–H and O–H groups in total. The zero-order valence-electron chi connectivity index (χ0n) is 15.4. The molecule has 0 saturated carbocycles. The smallest absolute Gasteiger partial charge is 0.216 e. The summed E-state index contributed by atoms with van der Waals surface area (Å²) in [4.78, 5) is 46.9. The second kappa shape index (κ2) is 5.61. The van der Waals surface area contributed by atoms with Gasteiger partial charge in [-0.25, -0.2) is 4.98 Å². The van der Waals surface area contributed by atoms with E-state index in [0.717, 1.165) is 0 Å². The molecule has 0 atom stereocenters. The second-order valence-electron chi connectivity index (χ2n) is 7.27. The Labute approximate surface area is 167 Å². The molecule has 6 rings (SSSR count). The van der Waals surface area contributed by atoms with Gasteiger partial charge in [0.1, 0.15) is 11.4 Å². The van der Waals surface area contributed by atoms with E-state index in [1.54, 1.807) is 48.5 Å². The Bertz CT molecular complexity index is 1820. The third-order valence-corrected chi connectivity index (χ3v) is 5.66. The number of nitrogens with zero attached hydrogens (tertiary/aromatic N) is 1. The fourth-order valence-corrected chi connectivity index (χ4v) is 4.26. The molecule has 6 nitrogen and oxygen atoms in total. The molecule has 0 spiro atoms. The van der Waals surface area contributed by atoms with Crippen molar-refractivity contribution in [3.8, 4) is 17.1 Å². The maximum absolute atomic E-state index is 13.3. The number of hydrogen-bond acceptors (Lipinski definition) is 5. The van der Waals surface area contributed by atoms with Gasteiger partial charge < -0.3 is 10.1 Å². The number of rotatable bonds is 1. The third-order valence-electron chi connectivity index (χ3n) is 5.66. The minimum absolute atomic E-state index is 0.0196. The average Bonchev–Trinajstić information content (AvgIpc) is 3.28. The summed E-state index contributed by atoms with van der Waals surface area (Å²) in [5.41, 5.74) is 0.0306. The maximum Gasteiger partial charge on any atom is 0.216 e. The highest BCUT2D eigenvalue weighted by atomic mass is 16.3. The van der Waals surface area contributed by atoms with Gasteiger partial charge in [0.15, 0.2) is 16.6 Å². The van der Waals surface area contributed by atoms with Crippen LogP contribution < -0.4 is 16.3 Å². The van der Waals surface area contributed by atoms with Gasteiger partial charge in [0, 0.05) is 32.4 Å². The molecule has 4 aromatic carbocycles. The van der Waals surface area contributed by atoms with Gasteiger partial charge in [0.05, 0.1) is 10.9 Å². The van der Waals surface area contributed by atoms with Crippen molar-refractivity contribution in [3.05, 3.63) is 91.3 Å². The fourth-order valence-electron chi connectivity index (χ4n) is 4.26. The van der Waals surface area contributed by atoms with Crippen molar-refractivity contribution in [2.24, 2.45) is 0 Å². The van der Waals surface area contributed by atoms with Gasteiger partial charge in [-0.1, -0.05) is 36.4 Å². The van der Waals surface area contributed by atoms with Gasteiger partial charge in [-0.2, -0.15) is 0 Å². The predicted molar refractivity (Wildman–Crippen MR) is 117 cm³/mol. The molecule has 0 amide bonds. The molecule has 0 unspecified atom stereocenters. The normalized spacial score (nSPS) is 11.9. The van der Waals surface area contributed by atoms with E-state index in [9.17, 15) is 19.5 Å². The van der Waals surface area contributed by atoms with Crippen LogP contribution in [-0.2, 0) is 0 Å². The molecule has 0 aliphatic heterocycles. The Morgan fingerprint density at radius 1 is 0.667 bits per heavy atom. The molecule has 0 saturated heterocycles. The lowest BCUT2D eigenvalue weighted by molar-refractivity contribution is 0.483. The first-order chi connectivity index (χ1) is 14.6. The molecule has 2 aromatic heterocycles. The van der Waals surface area contributed by atoms with E-state index < -0.39 is 5.43 Å². The summed E-state index contributed by atoms with van der Waals surface area (Å²) < 4.78 is 0. The fraction of sp³-hybridized carbons (Fsp3) is 0. The Hall–Kier alpha value is -4.32. The van der Waals surface area contributed by atoms with Crippen molar-refractivity contribution < 1.29 is 5.11 Å². The number of aromatic nitrogens is 2. The van der Waals surface area contributed by atoms with Gasteiger partial charge >= 0.3 is 0 Å². The molecule has 0 radical (unpaired) electrons. The topological polar surface area (TPSA) is 100 Å². The molecule has 0 aliphatic carbocycles. The number of H-pyrrole nitrogens is 1. The zero-order chi connectivity index (χ0) is 20.6. The van der Waals surface area contributed by atoms with E-state index in [2.05, 4.69) is 9.97 Å². The second-order valence-corrected chi connectivity index (χ2v) is 7.27. The summed E-state index contributed by atoms with van der Waals surface area (Å²) in [6.07, 6.45) is 0. The lowest BCUT2D eigenvalue weighted by Crippen LogP contribution is -2.14. The zero-order valence-corrected chi connectivity index (χ0v) is 15.4. The quantitative estimate of drug-likeness (QED) is 0.418. The predicted octanol–water partition coefficient (Wildman–Crippen LogP) is 3.35. The summed E-state index contributed by atoms with van der Waals surface area (Å²) in [5.74, 6) is -0.0767. The van der Waals surface area contributed by atoms with Crippen molar-refractivity contribution in [1.29, 1.82) is 0 Å². The SMILES string of the molecule is O=c1c2ccccc2c(=O)c2c1ccc1nc(-c3[nH]c4ccccc4c3O)c(=O)c12. The number of hydrogen-bond donors (Lipinski definition) is 2. The van der Waals surface area contributed by atoms with Crippen LogP contribution in [0.4, 0.5) is 0 Å². The van der Waals surface area contributed by atoms with Crippen LogP contribution >= 0.6 is 0 Å². The van der Waals surface area contributed by atoms with Crippen LogP contribution in [0.15, 0.2) is 75.0 Å². The monoisotopic (exact) mass is 392 g/mol. The number of benzene rings is 4. The first-order valence-corrected chi connectivity index (χ1v) is 9.35. The van der Waals surface area contributed by atoms with Gasteiger partial charge in [-0.3, -0.25) is 14.4 Å². The van der Waals surface area contributed by atoms with Crippen LogP contribution in [0.5, 0.6) is 5.75 Å². The van der Waals surface area contributed by atoms with Crippen molar-refractivity contribution in [2.75, 3.05) is 0 Å². The van der Waals surface area contributed by atoms with Crippen molar-refractivity contribution in [2.45, 2.75) is 0 Å². The van der Waals surface area contributed by atoms with Gasteiger partial charge in [0.2, 0.25) is 5.43 Å². The molecule has 142 valence electrons. The summed E-state index contributed by atoms with van der Waals surface area (Å²) in [6, 6.07) is 16.8. The van der Waals surface area contributed by atoms with E-state index in [1.807, 2.05) is 6.07 Å². The van der Waals surface area contributed by atoms with E-state index in [4.69, 9.17) is 0 Å². The highest BCUT2D eigenvalue weighted by Gasteiger charge is 2.22. The Balaban J connectivity index is 1.80. The summed E-state index contributed by atoms with van der Waals surface area (Å²) in [7, 11) is 0. The molecule has 6 heteroatoms. The first kappa shape index (κ1) is 16.6. The largest absolute Gasteiger partial charge is 0.505 e. The number of aromatic amines is 1. The number of aromatic hydroxyl groups is 1. The molecular formula is C24H12N2O4. The summed E-state index contributed by atoms with van der Waals surface area (Å²) in [5, 5.41) is 12.2. The number of nitrogens with one attached hydrogen (secondary N) is 1. The molecule has 0 fully saturated rings. The van der Waals surface area contributed by atoms with Crippen LogP contribution in [0.25, 0.3) is 54.7 Å². The van der Waals surface area contributed by atoms with Gasteiger partial charge in [0.25, 0.3) is 0 Å². The Morgan fingerprint density at radius 2 is 1.33 bits per heavy atom. The van der Waals surface area contributed by atoms with E-state index in [-0.39, 0.29) is 49.5 Å². The van der Waals surface area contributed by atoms with Gasteiger partial charge in [-0.05, 0) is 24.3 Å². The minimum atomic E-state index is -0.496. The van der Waals surface area contributed by atoms with Crippen molar-refractivity contribution in [3.63, 3.8) is 0 Å². The maximum atomic E-state index is 13.3. The van der Waals surface area contributed by atoms with Crippen LogP contribution in [-0.4, -0.2) is 15.1 Å². The summed E-state index contributed by atoms with van der Waals surface area (Å²) >= 11 is 0. The van der Waals surface area contributed by atoms with Crippen LogP contribution in [0.1, 0.15) is 0 Å². The lowest BCUT2D eigenvalue weighted by atomic mass is 9.99. The average molecular weight is 392 g/mol. The standard InChI is InChI=1S/C24H12N2O4/c27-21-11-5-1-2-6-12(11)22(28)17-14(21)9-10-16-18(17)24(30)20(26-16)19-23(29)13-7-3-4-8-15(13)25-19/h1-10,25,29H.